The summed E-state index contributed by atoms with van der Waals surface area (Å²) in [7, 11) is 0. The Morgan fingerprint density at radius 1 is 1.05 bits per heavy atom. The van der Waals surface area contributed by atoms with Crippen molar-refractivity contribution in [2.24, 2.45) is 4.99 Å². The summed E-state index contributed by atoms with van der Waals surface area (Å²) < 4.78 is 18.1. The minimum atomic E-state index is -0.682. The first-order valence-corrected chi connectivity index (χ1v) is 13.0. The van der Waals surface area contributed by atoms with E-state index in [4.69, 9.17) is 14.2 Å². The van der Waals surface area contributed by atoms with Gasteiger partial charge in [0.05, 0.1) is 35.1 Å². The van der Waals surface area contributed by atoms with E-state index in [1.165, 1.54) is 22.8 Å². The molecule has 0 saturated carbocycles. The van der Waals surface area contributed by atoms with Gasteiger partial charge in [0, 0.05) is 6.92 Å². The maximum absolute atomic E-state index is 13.7. The lowest BCUT2D eigenvalue weighted by Gasteiger charge is -2.21. The topological polar surface area (TPSA) is 96.2 Å². The number of nitrogens with zero attached hydrogens (tertiary/aromatic N) is 2. The summed E-state index contributed by atoms with van der Waals surface area (Å²) in [5.41, 5.74) is 2.16. The van der Waals surface area contributed by atoms with Gasteiger partial charge < -0.3 is 14.2 Å². The molecule has 0 saturated heterocycles. The van der Waals surface area contributed by atoms with E-state index in [0.717, 1.165) is 5.56 Å². The Balaban J connectivity index is 1.83. The molecule has 0 spiro atoms. The van der Waals surface area contributed by atoms with Gasteiger partial charge in [0.1, 0.15) is 0 Å². The minimum absolute atomic E-state index is 0.209. The molecule has 9 heteroatoms. The molecule has 1 atom stereocenters. The van der Waals surface area contributed by atoms with Gasteiger partial charge in [-0.1, -0.05) is 59.9 Å². The molecular weight excluding hydrogens is 504 g/mol. The van der Waals surface area contributed by atoms with E-state index in [1.807, 2.05) is 49.4 Å². The predicted octanol–water partition coefficient (Wildman–Crippen LogP) is 3.79. The Kier molecular flexibility index (Phi) is 8.38. The maximum Gasteiger partial charge on any atom is 0.338 e. The summed E-state index contributed by atoms with van der Waals surface area (Å²) in [6.45, 7) is 7.22. The fraction of sp³-hybridized carbons (Fsp3) is 0.241. The van der Waals surface area contributed by atoms with Gasteiger partial charge in [-0.25, -0.2) is 9.79 Å². The van der Waals surface area contributed by atoms with E-state index >= 15 is 0 Å². The van der Waals surface area contributed by atoms with Crippen LogP contribution in [0, 0.1) is 0 Å². The number of hydrogen-bond donors (Lipinski definition) is 0. The number of fused-ring (bicyclic) bond motifs is 1. The zero-order valence-corrected chi connectivity index (χ0v) is 22.4. The van der Waals surface area contributed by atoms with Gasteiger partial charge in [0.25, 0.3) is 5.56 Å². The van der Waals surface area contributed by atoms with Crippen LogP contribution < -0.4 is 24.4 Å². The van der Waals surface area contributed by atoms with Crippen LogP contribution in [0.25, 0.3) is 12.2 Å². The van der Waals surface area contributed by atoms with Crippen molar-refractivity contribution in [1.82, 2.24) is 4.57 Å². The average molecular weight is 533 g/mol. The van der Waals surface area contributed by atoms with Gasteiger partial charge in [-0.2, -0.15) is 0 Å². The summed E-state index contributed by atoms with van der Waals surface area (Å²) in [5, 5.41) is 0. The molecule has 1 aromatic heterocycles. The van der Waals surface area contributed by atoms with Gasteiger partial charge >= 0.3 is 11.9 Å². The third-order valence-electron chi connectivity index (χ3n) is 5.65. The van der Waals surface area contributed by atoms with Crippen molar-refractivity contribution in [2.45, 2.75) is 33.7 Å². The highest BCUT2D eigenvalue weighted by Gasteiger charge is 2.30. The average Bonchev–Trinajstić information content (AvgIpc) is 3.18. The molecule has 2 heterocycles. The second-order valence-electron chi connectivity index (χ2n) is 8.35. The van der Waals surface area contributed by atoms with Crippen LogP contribution in [0.15, 0.2) is 75.7 Å². The molecule has 0 N–H and O–H groups in total. The molecule has 8 nitrogen and oxygen atoms in total. The number of aromatic nitrogens is 1. The van der Waals surface area contributed by atoms with Crippen molar-refractivity contribution in [3.05, 3.63) is 96.7 Å². The van der Waals surface area contributed by atoms with Crippen LogP contribution >= 0.6 is 11.3 Å². The molecule has 0 radical (unpaired) electrons. The fourth-order valence-corrected chi connectivity index (χ4v) is 5.11. The number of allylic oxidation sites excluding steroid dienone is 2. The van der Waals surface area contributed by atoms with E-state index in [2.05, 4.69) is 4.99 Å². The lowest BCUT2D eigenvalue weighted by Crippen LogP contribution is -2.38. The van der Waals surface area contributed by atoms with Gasteiger partial charge in [-0.15, -0.1) is 0 Å². The maximum atomic E-state index is 13.7. The van der Waals surface area contributed by atoms with Crippen molar-refractivity contribution >= 4 is 35.4 Å². The van der Waals surface area contributed by atoms with Gasteiger partial charge in [0.15, 0.2) is 16.3 Å². The number of carbonyl (C=O) groups excluding carboxylic acids is 2. The van der Waals surface area contributed by atoms with Crippen molar-refractivity contribution in [1.29, 1.82) is 0 Å². The number of rotatable bonds is 8. The lowest BCUT2D eigenvalue weighted by atomic mass is 10.0. The van der Waals surface area contributed by atoms with Crippen molar-refractivity contribution in [2.75, 3.05) is 13.2 Å². The lowest BCUT2D eigenvalue weighted by molar-refractivity contribution is -0.139. The Bertz CT molecular complexity index is 1600. The normalized spacial score (nSPS) is 15.3. The summed E-state index contributed by atoms with van der Waals surface area (Å²) >= 11 is 1.23. The number of benzene rings is 2. The highest BCUT2D eigenvalue weighted by atomic mass is 32.1. The molecule has 3 aromatic rings. The molecule has 0 amide bonds. The van der Waals surface area contributed by atoms with E-state index < -0.39 is 18.0 Å². The third kappa shape index (κ3) is 5.84. The van der Waals surface area contributed by atoms with Gasteiger partial charge in [-0.3, -0.25) is 14.2 Å². The molecule has 38 heavy (non-hydrogen) atoms. The second-order valence-corrected chi connectivity index (χ2v) is 9.36. The molecule has 1 aliphatic heterocycles. The van der Waals surface area contributed by atoms with Crippen LogP contribution in [0.4, 0.5) is 0 Å². The van der Waals surface area contributed by atoms with Crippen LogP contribution in [-0.4, -0.2) is 29.7 Å². The third-order valence-corrected chi connectivity index (χ3v) is 6.63. The monoisotopic (exact) mass is 532 g/mol. The zero-order valence-electron chi connectivity index (χ0n) is 21.6. The largest absolute Gasteiger partial charge is 0.490 e. The molecular formula is C29H28N2O6S. The van der Waals surface area contributed by atoms with Crippen LogP contribution in [0.3, 0.4) is 0 Å². The summed E-state index contributed by atoms with van der Waals surface area (Å²) in [4.78, 5) is 43.1. The smallest absolute Gasteiger partial charge is 0.338 e. The number of thiazole rings is 1. The molecule has 0 bridgehead atoms. The Morgan fingerprint density at radius 3 is 2.50 bits per heavy atom. The highest BCUT2D eigenvalue weighted by Crippen LogP contribution is 2.29. The molecule has 1 aliphatic rings. The number of esters is 2. The first-order valence-electron chi connectivity index (χ1n) is 12.2. The van der Waals surface area contributed by atoms with E-state index in [0.29, 0.717) is 44.3 Å². The Labute approximate surface area is 223 Å². The second kappa shape index (κ2) is 11.9. The fourth-order valence-electron chi connectivity index (χ4n) is 4.06. The van der Waals surface area contributed by atoms with E-state index in [1.54, 1.807) is 38.1 Å². The first kappa shape index (κ1) is 26.8. The summed E-state index contributed by atoms with van der Waals surface area (Å²) in [5.74, 6) is -0.261. The van der Waals surface area contributed by atoms with Crippen LogP contribution in [0.2, 0.25) is 0 Å². The minimum Gasteiger partial charge on any atom is -0.490 e. The number of carbonyl (C=O) groups is 2. The predicted molar refractivity (Wildman–Crippen MR) is 146 cm³/mol. The molecule has 0 aliphatic carbocycles. The summed E-state index contributed by atoms with van der Waals surface area (Å²) in [6, 6.07) is 14.0. The van der Waals surface area contributed by atoms with Crippen LogP contribution in [-0.2, 0) is 14.3 Å². The molecule has 2 aromatic carbocycles. The molecule has 1 unspecified atom stereocenters. The van der Waals surface area contributed by atoms with Crippen molar-refractivity contribution < 1.29 is 23.8 Å². The number of ether oxygens (including phenoxy) is 3. The zero-order chi connectivity index (χ0) is 27.2. The SMILES string of the molecule is CCOC(=O)C1=C(C)N=c2s/c(=C/c3ccc(OC(C)=O)c(OCC)c3)c(=O)n2C1/C=C/c1ccccc1. The standard InChI is InChI=1S/C29H28N2O6S/c1-5-35-24-16-21(13-15-23(24)37-19(4)32)17-25-27(33)31-22(14-12-20-10-8-7-9-11-20)26(28(34)36-6-2)18(3)30-29(31)38-25/h7-17,22H,5-6H2,1-4H3/b14-12+,25-17+. The first-order chi connectivity index (χ1) is 18.3. The van der Waals surface area contributed by atoms with E-state index in [-0.39, 0.29) is 12.2 Å². The van der Waals surface area contributed by atoms with Crippen molar-refractivity contribution in [3.8, 4) is 11.5 Å². The van der Waals surface area contributed by atoms with Crippen LogP contribution in [0.1, 0.15) is 44.9 Å². The highest BCUT2D eigenvalue weighted by molar-refractivity contribution is 7.07. The van der Waals surface area contributed by atoms with Crippen LogP contribution in [0.5, 0.6) is 11.5 Å². The van der Waals surface area contributed by atoms with Crippen molar-refractivity contribution in [3.63, 3.8) is 0 Å². The number of hydrogen-bond acceptors (Lipinski definition) is 8. The molecule has 0 fully saturated rings. The molecule has 4 rings (SSSR count). The summed E-state index contributed by atoms with van der Waals surface area (Å²) in [6.07, 6.45) is 5.43. The quantitative estimate of drug-likeness (QED) is 0.324. The Hall–Kier alpha value is -4.24. The van der Waals surface area contributed by atoms with Gasteiger partial charge in [0.2, 0.25) is 0 Å². The van der Waals surface area contributed by atoms with Gasteiger partial charge in [-0.05, 0) is 50.1 Å². The molecule has 196 valence electrons. The van der Waals surface area contributed by atoms with E-state index in [9.17, 15) is 14.4 Å². The Morgan fingerprint density at radius 2 is 1.82 bits per heavy atom.